The fourth-order valence-electron chi connectivity index (χ4n) is 4.48. The van der Waals surface area contributed by atoms with Gasteiger partial charge in [-0.2, -0.15) is 10.4 Å². The Morgan fingerprint density at radius 1 is 1.12 bits per heavy atom. The molecular formula is C25H23FN6O. The molecule has 1 fully saturated rings. The number of halogens is 1. The number of piperidine rings is 1. The summed E-state index contributed by atoms with van der Waals surface area (Å²) in [4.78, 5) is 19.9. The number of benzene rings is 2. The fraction of sp³-hybridized carbons (Fsp3) is 0.280. The summed E-state index contributed by atoms with van der Waals surface area (Å²) in [6.07, 6.45) is 5.01. The van der Waals surface area contributed by atoms with Crippen molar-refractivity contribution < 1.29 is 9.18 Å². The van der Waals surface area contributed by atoms with Crippen molar-refractivity contribution in [2.75, 3.05) is 13.1 Å². The molecule has 1 aliphatic heterocycles. The van der Waals surface area contributed by atoms with Gasteiger partial charge in [-0.3, -0.25) is 14.0 Å². The predicted molar refractivity (Wildman–Crippen MR) is 122 cm³/mol. The fourth-order valence-corrected chi connectivity index (χ4v) is 4.48. The Balaban J connectivity index is 1.69. The summed E-state index contributed by atoms with van der Waals surface area (Å²) in [6.45, 7) is 3.29. The van der Waals surface area contributed by atoms with Crippen molar-refractivity contribution in [3.05, 3.63) is 65.4 Å². The van der Waals surface area contributed by atoms with Crippen LogP contribution in [-0.2, 0) is 7.05 Å². The third-order valence-corrected chi connectivity index (χ3v) is 6.16. The van der Waals surface area contributed by atoms with Gasteiger partial charge in [0.05, 0.1) is 16.8 Å². The molecule has 5 rings (SSSR count). The maximum Gasteiger partial charge on any atom is 0.274 e. The Labute approximate surface area is 190 Å². The van der Waals surface area contributed by atoms with E-state index in [1.165, 1.54) is 12.1 Å². The van der Waals surface area contributed by atoms with Crippen LogP contribution in [-0.4, -0.2) is 43.2 Å². The quantitative estimate of drug-likeness (QED) is 0.472. The molecule has 2 aromatic carbocycles. The second-order valence-electron chi connectivity index (χ2n) is 8.41. The SMILES string of the molecule is Cc1c(C(=O)N2CCCCC2)nc(-c2ccc(C#N)c(F)c2)n1-c1ccc2nn(C)cc2c1. The molecule has 0 bridgehead atoms. The Hall–Kier alpha value is -3.99. The van der Waals surface area contributed by atoms with Crippen molar-refractivity contribution in [2.24, 2.45) is 7.05 Å². The molecule has 0 atom stereocenters. The number of hydrogen-bond donors (Lipinski definition) is 0. The van der Waals surface area contributed by atoms with Crippen LogP contribution in [0.25, 0.3) is 28.0 Å². The molecule has 2 aromatic heterocycles. The standard InChI is InChI=1S/C25H23FN6O/c1-16-23(25(33)31-10-4-3-5-11-31)28-24(17-6-7-18(14-27)21(26)13-17)32(16)20-8-9-22-19(12-20)15-30(2)29-22/h6-9,12-13,15H,3-5,10-11H2,1-2H3. The van der Waals surface area contributed by atoms with Crippen LogP contribution in [0.1, 0.15) is 41.0 Å². The summed E-state index contributed by atoms with van der Waals surface area (Å²) >= 11 is 0. The smallest absolute Gasteiger partial charge is 0.274 e. The van der Waals surface area contributed by atoms with Crippen molar-refractivity contribution in [1.29, 1.82) is 5.26 Å². The van der Waals surface area contributed by atoms with E-state index in [0.717, 1.165) is 35.9 Å². The largest absolute Gasteiger partial charge is 0.337 e. The van der Waals surface area contributed by atoms with Gasteiger partial charge in [-0.1, -0.05) is 0 Å². The summed E-state index contributed by atoms with van der Waals surface area (Å²) < 4.78 is 18.1. The highest BCUT2D eigenvalue weighted by Crippen LogP contribution is 2.30. The topological polar surface area (TPSA) is 79.7 Å². The van der Waals surface area contributed by atoms with Crippen LogP contribution in [0.15, 0.2) is 42.6 Å². The lowest BCUT2D eigenvalue weighted by Gasteiger charge is -2.26. The maximum absolute atomic E-state index is 14.5. The number of aromatic nitrogens is 4. The average molecular weight is 442 g/mol. The van der Waals surface area contributed by atoms with Crippen LogP contribution < -0.4 is 0 Å². The summed E-state index contributed by atoms with van der Waals surface area (Å²) in [7, 11) is 1.86. The van der Waals surface area contributed by atoms with Crippen LogP contribution >= 0.6 is 0 Å². The number of amides is 1. The Kier molecular flexibility index (Phi) is 5.17. The molecule has 1 amide bonds. The molecule has 1 saturated heterocycles. The van der Waals surface area contributed by atoms with Crippen LogP contribution in [0.3, 0.4) is 0 Å². The molecule has 8 heteroatoms. The molecule has 166 valence electrons. The number of imidazole rings is 1. The van der Waals surface area contributed by atoms with Crippen molar-refractivity contribution in [1.82, 2.24) is 24.2 Å². The molecule has 33 heavy (non-hydrogen) atoms. The maximum atomic E-state index is 14.5. The summed E-state index contributed by atoms with van der Waals surface area (Å²) in [5.74, 6) is -0.267. The average Bonchev–Trinajstić information content (AvgIpc) is 3.37. The summed E-state index contributed by atoms with van der Waals surface area (Å²) in [6, 6.07) is 12.1. The number of nitrogens with zero attached hydrogens (tertiary/aromatic N) is 6. The summed E-state index contributed by atoms with van der Waals surface area (Å²) in [5, 5.41) is 14.5. The lowest BCUT2D eigenvalue weighted by Crippen LogP contribution is -2.36. The van der Waals surface area contributed by atoms with E-state index >= 15 is 0 Å². The van der Waals surface area contributed by atoms with Crippen LogP contribution in [0.2, 0.25) is 0 Å². The number of likely N-dealkylation sites (tertiary alicyclic amines) is 1. The van der Waals surface area contributed by atoms with Gasteiger partial charge >= 0.3 is 0 Å². The zero-order valence-corrected chi connectivity index (χ0v) is 18.5. The van der Waals surface area contributed by atoms with E-state index < -0.39 is 5.82 Å². The zero-order valence-electron chi connectivity index (χ0n) is 18.5. The molecule has 0 radical (unpaired) electrons. The second kappa shape index (κ2) is 8.17. The van der Waals surface area contributed by atoms with E-state index in [1.54, 1.807) is 10.7 Å². The first-order chi connectivity index (χ1) is 16.0. The van der Waals surface area contributed by atoms with Gasteiger partial charge in [-0.25, -0.2) is 9.37 Å². The minimum absolute atomic E-state index is 0.0324. The first kappa shape index (κ1) is 20.9. The molecule has 0 saturated carbocycles. The number of rotatable bonds is 3. The molecule has 0 unspecified atom stereocenters. The van der Waals surface area contributed by atoms with Gasteiger partial charge in [-0.05, 0) is 62.6 Å². The van der Waals surface area contributed by atoms with Crippen LogP contribution in [0.4, 0.5) is 4.39 Å². The third-order valence-electron chi connectivity index (χ3n) is 6.16. The van der Waals surface area contributed by atoms with Crippen LogP contribution in [0, 0.1) is 24.1 Å². The Bertz CT molecular complexity index is 1420. The number of hydrogen-bond acceptors (Lipinski definition) is 4. The first-order valence-electron chi connectivity index (χ1n) is 11.0. The lowest BCUT2D eigenvalue weighted by atomic mass is 10.1. The Morgan fingerprint density at radius 3 is 2.64 bits per heavy atom. The first-order valence-corrected chi connectivity index (χ1v) is 11.0. The number of fused-ring (bicyclic) bond motifs is 1. The van der Waals surface area contributed by atoms with Gasteiger partial charge < -0.3 is 4.90 Å². The summed E-state index contributed by atoms with van der Waals surface area (Å²) in [5.41, 5.74) is 3.18. The van der Waals surface area contributed by atoms with Crippen molar-refractivity contribution >= 4 is 16.8 Å². The van der Waals surface area contributed by atoms with Gasteiger partial charge in [0.1, 0.15) is 23.4 Å². The van der Waals surface area contributed by atoms with Gasteiger partial charge in [0, 0.05) is 43.0 Å². The highest BCUT2D eigenvalue weighted by atomic mass is 19.1. The minimum atomic E-state index is -0.617. The van der Waals surface area contributed by atoms with Gasteiger partial charge in [0.2, 0.25) is 0 Å². The second-order valence-corrected chi connectivity index (χ2v) is 8.41. The molecule has 4 aromatic rings. The highest BCUT2D eigenvalue weighted by Gasteiger charge is 2.27. The van der Waals surface area contributed by atoms with Crippen molar-refractivity contribution in [3.63, 3.8) is 0 Å². The van der Waals surface area contributed by atoms with Gasteiger partial charge in [-0.15, -0.1) is 0 Å². The number of nitriles is 1. The molecule has 3 heterocycles. The van der Waals surface area contributed by atoms with Crippen molar-refractivity contribution in [2.45, 2.75) is 26.2 Å². The van der Waals surface area contributed by atoms with E-state index in [4.69, 9.17) is 10.2 Å². The number of carbonyl (C=O) groups excluding carboxylic acids is 1. The normalized spacial score (nSPS) is 13.9. The molecule has 1 aliphatic rings. The highest BCUT2D eigenvalue weighted by molar-refractivity contribution is 5.95. The lowest BCUT2D eigenvalue weighted by molar-refractivity contribution is 0.0718. The molecule has 7 nitrogen and oxygen atoms in total. The molecule has 0 aliphatic carbocycles. The molecule has 0 N–H and O–H groups in total. The van der Waals surface area contributed by atoms with Crippen molar-refractivity contribution in [3.8, 4) is 23.1 Å². The monoisotopic (exact) mass is 442 g/mol. The number of carbonyl (C=O) groups is 1. The number of aryl methyl sites for hydroxylation is 1. The van der Waals surface area contributed by atoms with Gasteiger partial charge in [0.25, 0.3) is 5.91 Å². The zero-order chi connectivity index (χ0) is 23.1. The Morgan fingerprint density at radius 2 is 1.91 bits per heavy atom. The van der Waals surface area contributed by atoms with E-state index in [0.29, 0.717) is 35.9 Å². The van der Waals surface area contributed by atoms with Gasteiger partial charge in [0.15, 0.2) is 0 Å². The molecular weight excluding hydrogens is 419 g/mol. The van der Waals surface area contributed by atoms with E-state index in [9.17, 15) is 9.18 Å². The third kappa shape index (κ3) is 3.65. The van der Waals surface area contributed by atoms with Crippen LogP contribution in [0.5, 0.6) is 0 Å². The van der Waals surface area contributed by atoms with E-state index in [-0.39, 0.29) is 11.5 Å². The van der Waals surface area contributed by atoms with E-state index in [2.05, 4.69) is 5.10 Å². The molecule has 0 spiro atoms. The van der Waals surface area contributed by atoms with E-state index in [1.807, 2.05) is 53.9 Å². The predicted octanol–water partition coefficient (Wildman–Crippen LogP) is 4.37. The minimum Gasteiger partial charge on any atom is -0.337 e.